The molecule has 0 bridgehead atoms. The van der Waals surface area contributed by atoms with Crippen molar-refractivity contribution in [3.05, 3.63) is 34.9 Å². The highest BCUT2D eigenvalue weighted by Crippen LogP contribution is 2.23. The van der Waals surface area contributed by atoms with Gasteiger partial charge in [-0.1, -0.05) is 6.92 Å². The minimum Gasteiger partial charge on any atom is -0.375 e. The predicted octanol–water partition coefficient (Wildman–Crippen LogP) is 3.99. The fourth-order valence-electron chi connectivity index (χ4n) is 1.99. The number of aryl methyl sites for hydroxylation is 1. The molecule has 0 aliphatic rings. The lowest BCUT2D eigenvalue weighted by Crippen LogP contribution is -2.25. The number of halogens is 4. The van der Waals surface area contributed by atoms with Crippen molar-refractivity contribution in [2.45, 2.75) is 39.2 Å². The summed E-state index contributed by atoms with van der Waals surface area (Å²) < 4.78 is 56.4. The number of rotatable bonds is 9. The third-order valence-electron chi connectivity index (χ3n) is 3.09. The van der Waals surface area contributed by atoms with Crippen molar-refractivity contribution >= 4 is 0 Å². The molecule has 0 saturated heterocycles. The predicted molar refractivity (Wildman–Crippen MR) is 73.6 cm³/mol. The second kappa shape index (κ2) is 9.00. The largest absolute Gasteiger partial charge is 0.375 e. The van der Waals surface area contributed by atoms with Crippen LogP contribution in [0.5, 0.6) is 0 Å². The highest BCUT2D eigenvalue weighted by atomic mass is 19.3. The van der Waals surface area contributed by atoms with Crippen LogP contribution in [-0.2, 0) is 4.74 Å². The van der Waals surface area contributed by atoms with Gasteiger partial charge in [-0.15, -0.1) is 0 Å². The van der Waals surface area contributed by atoms with Gasteiger partial charge in [0.05, 0.1) is 0 Å². The van der Waals surface area contributed by atoms with E-state index in [0.717, 1.165) is 18.6 Å². The smallest absolute Gasteiger partial charge is 0.261 e. The molecule has 6 heteroatoms. The van der Waals surface area contributed by atoms with Crippen molar-refractivity contribution in [2.24, 2.45) is 0 Å². The fourth-order valence-corrected chi connectivity index (χ4v) is 1.99. The normalized spacial score (nSPS) is 12.9. The first-order valence-corrected chi connectivity index (χ1v) is 7.00. The van der Waals surface area contributed by atoms with Gasteiger partial charge in [0, 0.05) is 18.2 Å². The molecule has 0 aliphatic carbocycles. The van der Waals surface area contributed by atoms with Gasteiger partial charge in [0.2, 0.25) is 0 Å². The first-order chi connectivity index (χ1) is 9.95. The van der Waals surface area contributed by atoms with Gasteiger partial charge < -0.3 is 10.1 Å². The average Bonchev–Trinajstić information content (AvgIpc) is 2.42. The molecule has 0 aromatic heterocycles. The van der Waals surface area contributed by atoms with Gasteiger partial charge >= 0.3 is 0 Å². The minimum absolute atomic E-state index is 0.0562. The highest BCUT2D eigenvalue weighted by Gasteiger charge is 2.17. The standard InChI is InChI=1S/C15H21F4NO/c1-3-5-20-14(4-6-21-9-15(18)19)11-8-12(16)10(2)7-13(11)17/h7-8,14-15,20H,3-6,9H2,1-2H3. The Balaban J connectivity index is 2.74. The molecule has 1 aromatic rings. The van der Waals surface area contributed by atoms with Crippen LogP contribution in [0.2, 0.25) is 0 Å². The van der Waals surface area contributed by atoms with Crippen LogP contribution >= 0.6 is 0 Å². The lowest BCUT2D eigenvalue weighted by Gasteiger charge is -2.20. The molecule has 0 amide bonds. The molecule has 0 saturated carbocycles. The van der Waals surface area contributed by atoms with E-state index < -0.39 is 30.7 Å². The van der Waals surface area contributed by atoms with Gasteiger partial charge in [-0.2, -0.15) is 0 Å². The molecule has 0 spiro atoms. The zero-order valence-corrected chi connectivity index (χ0v) is 12.3. The van der Waals surface area contributed by atoms with Gasteiger partial charge in [-0.05, 0) is 44.0 Å². The Morgan fingerprint density at radius 3 is 2.52 bits per heavy atom. The summed E-state index contributed by atoms with van der Waals surface area (Å²) in [7, 11) is 0. The van der Waals surface area contributed by atoms with E-state index in [-0.39, 0.29) is 17.7 Å². The molecule has 21 heavy (non-hydrogen) atoms. The van der Waals surface area contributed by atoms with Gasteiger partial charge in [0.25, 0.3) is 6.43 Å². The van der Waals surface area contributed by atoms with Crippen molar-refractivity contribution in [1.29, 1.82) is 0 Å². The molecule has 0 radical (unpaired) electrons. The summed E-state index contributed by atoms with van der Waals surface area (Å²) in [5.41, 5.74) is 0.437. The zero-order chi connectivity index (χ0) is 15.8. The van der Waals surface area contributed by atoms with Crippen molar-refractivity contribution < 1.29 is 22.3 Å². The molecule has 2 nitrogen and oxygen atoms in total. The van der Waals surface area contributed by atoms with E-state index in [1.807, 2.05) is 6.92 Å². The van der Waals surface area contributed by atoms with Crippen LogP contribution in [0, 0.1) is 18.6 Å². The third kappa shape index (κ3) is 6.01. The van der Waals surface area contributed by atoms with E-state index in [4.69, 9.17) is 4.74 Å². The van der Waals surface area contributed by atoms with Crippen LogP contribution in [0.3, 0.4) is 0 Å². The van der Waals surface area contributed by atoms with Crippen molar-refractivity contribution in [1.82, 2.24) is 5.32 Å². The minimum atomic E-state index is -2.53. The lowest BCUT2D eigenvalue weighted by atomic mass is 10.0. The van der Waals surface area contributed by atoms with Crippen molar-refractivity contribution in [3.63, 3.8) is 0 Å². The number of benzene rings is 1. The summed E-state index contributed by atoms with van der Waals surface area (Å²) in [6.45, 7) is 3.46. The Morgan fingerprint density at radius 1 is 1.19 bits per heavy atom. The van der Waals surface area contributed by atoms with E-state index in [0.29, 0.717) is 13.0 Å². The van der Waals surface area contributed by atoms with Crippen LogP contribution in [0.1, 0.15) is 36.9 Å². The van der Waals surface area contributed by atoms with Crippen LogP contribution in [-0.4, -0.2) is 26.2 Å². The second-order valence-electron chi connectivity index (χ2n) is 4.88. The topological polar surface area (TPSA) is 21.3 Å². The van der Waals surface area contributed by atoms with E-state index in [9.17, 15) is 17.6 Å². The van der Waals surface area contributed by atoms with Crippen molar-refractivity contribution in [3.8, 4) is 0 Å². The third-order valence-corrected chi connectivity index (χ3v) is 3.09. The summed E-state index contributed by atoms with van der Waals surface area (Å²) in [5, 5.41) is 3.09. The number of alkyl halides is 2. The molecule has 1 N–H and O–H groups in total. The number of ether oxygens (including phenoxy) is 1. The molecular formula is C15H21F4NO. The highest BCUT2D eigenvalue weighted by molar-refractivity contribution is 5.27. The summed E-state index contributed by atoms with van der Waals surface area (Å²) >= 11 is 0. The van der Waals surface area contributed by atoms with E-state index in [2.05, 4.69) is 5.32 Å². The van der Waals surface area contributed by atoms with Crippen LogP contribution in [0.4, 0.5) is 17.6 Å². The monoisotopic (exact) mass is 307 g/mol. The second-order valence-corrected chi connectivity index (χ2v) is 4.88. The Hall–Kier alpha value is -1.14. The maximum Gasteiger partial charge on any atom is 0.261 e. The van der Waals surface area contributed by atoms with E-state index in [1.165, 1.54) is 6.92 Å². The molecule has 120 valence electrons. The van der Waals surface area contributed by atoms with Gasteiger partial charge in [0.1, 0.15) is 18.2 Å². The number of nitrogens with one attached hydrogen (secondary N) is 1. The fraction of sp³-hybridized carbons (Fsp3) is 0.600. The molecule has 1 aromatic carbocycles. The van der Waals surface area contributed by atoms with Crippen LogP contribution in [0.25, 0.3) is 0 Å². The van der Waals surface area contributed by atoms with Crippen molar-refractivity contribution in [2.75, 3.05) is 19.8 Å². The summed E-state index contributed by atoms with van der Waals surface area (Å²) in [5.74, 6) is -0.987. The molecule has 0 fully saturated rings. The van der Waals surface area contributed by atoms with E-state index in [1.54, 1.807) is 0 Å². The number of hydrogen-bond donors (Lipinski definition) is 1. The van der Waals surface area contributed by atoms with E-state index >= 15 is 0 Å². The summed E-state index contributed by atoms with van der Waals surface area (Å²) in [6.07, 6.45) is -1.41. The Labute approximate surface area is 122 Å². The number of hydrogen-bond acceptors (Lipinski definition) is 2. The Kier molecular flexibility index (Phi) is 7.67. The molecule has 1 atom stereocenters. The summed E-state index contributed by atoms with van der Waals surface area (Å²) in [4.78, 5) is 0. The Morgan fingerprint density at radius 2 is 1.90 bits per heavy atom. The lowest BCUT2D eigenvalue weighted by molar-refractivity contribution is 0.0143. The Bertz CT molecular complexity index is 440. The van der Waals surface area contributed by atoms with Crippen LogP contribution in [0.15, 0.2) is 12.1 Å². The quantitative estimate of drug-likeness (QED) is 0.550. The molecule has 1 unspecified atom stereocenters. The van der Waals surface area contributed by atoms with Crippen LogP contribution < -0.4 is 5.32 Å². The summed E-state index contributed by atoms with van der Waals surface area (Å²) in [6, 6.07) is 1.84. The SMILES string of the molecule is CCCNC(CCOCC(F)F)c1cc(F)c(C)cc1F. The molecular weight excluding hydrogens is 286 g/mol. The molecule has 1 rings (SSSR count). The molecule has 0 heterocycles. The molecule has 0 aliphatic heterocycles. The maximum absolute atomic E-state index is 14.0. The first kappa shape index (κ1) is 17.9. The zero-order valence-electron chi connectivity index (χ0n) is 12.3. The van der Waals surface area contributed by atoms with Gasteiger partial charge in [0.15, 0.2) is 0 Å². The van der Waals surface area contributed by atoms with Gasteiger partial charge in [-0.25, -0.2) is 17.6 Å². The maximum atomic E-state index is 14.0. The first-order valence-electron chi connectivity index (χ1n) is 7.00. The van der Waals surface area contributed by atoms with Gasteiger partial charge in [-0.3, -0.25) is 0 Å². The average molecular weight is 307 g/mol.